The molecular formula is C20H27FO4. The van der Waals surface area contributed by atoms with Gasteiger partial charge < -0.3 is 20.4 Å². The van der Waals surface area contributed by atoms with Gasteiger partial charge >= 0.3 is 0 Å². The Morgan fingerprint density at radius 2 is 2.00 bits per heavy atom. The van der Waals surface area contributed by atoms with E-state index in [4.69, 9.17) is 5.11 Å². The highest BCUT2D eigenvalue weighted by Crippen LogP contribution is 2.24. The summed E-state index contributed by atoms with van der Waals surface area (Å²) in [5.41, 5.74) is 2.52. The minimum Gasteiger partial charge on any atom is -0.505 e. The highest BCUT2D eigenvalue weighted by atomic mass is 19.1. The van der Waals surface area contributed by atoms with E-state index in [2.05, 4.69) is 6.58 Å². The largest absolute Gasteiger partial charge is 0.505 e. The summed E-state index contributed by atoms with van der Waals surface area (Å²) in [6, 6.07) is 4.22. The number of hydrogen-bond donors (Lipinski definition) is 4. The zero-order chi connectivity index (χ0) is 18.8. The molecule has 4 nitrogen and oxygen atoms in total. The number of hydrogen-bond acceptors (Lipinski definition) is 4. The van der Waals surface area contributed by atoms with Gasteiger partial charge in [-0.3, -0.25) is 0 Å². The number of benzene rings is 1. The molecule has 0 aromatic heterocycles. The van der Waals surface area contributed by atoms with Crippen molar-refractivity contribution < 1.29 is 24.8 Å². The van der Waals surface area contributed by atoms with Gasteiger partial charge in [0.2, 0.25) is 0 Å². The van der Waals surface area contributed by atoms with Gasteiger partial charge in [-0.2, -0.15) is 0 Å². The van der Waals surface area contributed by atoms with E-state index in [0.717, 1.165) is 18.4 Å². The fourth-order valence-electron chi connectivity index (χ4n) is 2.62. The van der Waals surface area contributed by atoms with Crippen LogP contribution in [0.3, 0.4) is 0 Å². The van der Waals surface area contributed by atoms with Gasteiger partial charge in [-0.1, -0.05) is 43.7 Å². The van der Waals surface area contributed by atoms with Crippen LogP contribution in [0, 0.1) is 5.82 Å². The number of phenolic OH excluding ortho intramolecular Hbond substituents is 1. The molecule has 0 saturated heterocycles. The molecule has 0 aliphatic carbocycles. The summed E-state index contributed by atoms with van der Waals surface area (Å²) in [5, 5.41) is 37.8. The molecular weight excluding hydrogens is 323 g/mol. The SMILES string of the molecule is C=C(CO)/C(=C/CO)C(O)CC/C(=C/c1ccc(O)c(F)c1)CCC. The number of phenols is 1. The molecule has 0 aliphatic rings. The summed E-state index contributed by atoms with van der Waals surface area (Å²) < 4.78 is 13.5. The number of rotatable bonds is 10. The van der Waals surface area contributed by atoms with E-state index >= 15 is 0 Å². The molecule has 4 N–H and O–H groups in total. The van der Waals surface area contributed by atoms with E-state index in [1.807, 2.05) is 13.0 Å². The third-order valence-corrected chi connectivity index (χ3v) is 3.92. The molecule has 1 aromatic carbocycles. The van der Waals surface area contributed by atoms with E-state index in [0.29, 0.717) is 29.6 Å². The maximum Gasteiger partial charge on any atom is 0.165 e. The topological polar surface area (TPSA) is 80.9 Å². The zero-order valence-electron chi connectivity index (χ0n) is 14.6. The normalized spacial score (nSPS) is 13.8. The quantitative estimate of drug-likeness (QED) is 0.488. The summed E-state index contributed by atoms with van der Waals surface area (Å²) in [6.07, 6.45) is 5.15. The van der Waals surface area contributed by atoms with Gasteiger partial charge in [0.1, 0.15) is 0 Å². The highest BCUT2D eigenvalue weighted by molar-refractivity contribution is 5.54. The lowest BCUT2D eigenvalue weighted by Crippen LogP contribution is -2.14. The van der Waals surface area contributed by atoms with Crippen LogP contribution in [-0.4, -0.2) is 39.7 Å². The van der Waals surface area contributed by atoms with E-state index in [9.17, 15) is 19.7 Å². The monoisotopic (exact) mass is 350 g/mol. The second-order valence-electron chi connectivity index (χ2n) is 5.92. The maximum atomic E-state index is 13.5. The minimum atomic E-state index is -0.844. The third-order valence-electron chi connectivity index (χ3n) is 3.92. The van der Waals surface area contributed by atoms with Crippen molar-refractivity contribution in [3.8, 4) is 5.75 Å². The predicted octanol–water partition coefficient (Wildman–Crippen LogP) is 3.32. The maximum absolute atomic E-state index is 13.5. The molecule has 138 valence electrons. The molecule has 0 bridgehead atoms. The second-order valence-corrected chi connectivity index (χ2v) is 5.92. The fourth-order valence-corrected chi connectivity index (χ4v) is 2.62. The number of aromatic hydroxyl groups is 1. The van der Waals surface area contributed by atoms with Gasteiger partial charge in [0.25, 0.3) is 0 Å². The Balaban J connectivity index is 2.87. The molecule has 0 heterocycles. The van der Waals surface area contributed by atoms with Gasteiger partial charge in [-0.05, 0) is 48.1 Å². The van der Waals surface area contributed by atoms with Crippen molar-refractivity contribution in [1.29, 1.82) is 0 Å². The zero-order valence-corrected chi connectivity index (χ0v) is 14.6. The lowest BCUT2D eigenvalue weighted by molar-refractivity contribution is 0.197. The molecule has 1 atom stereocenters. The summed E-state index contributed by atoms with van der Waals surface area (Å²) in [6.45, 7) is 5.20. The molecule has 1 unspecified atom stereocenters. The van der Waals surface area contributed by atoms with Gasteiger partial charge in [-0.15, -0.1) is 0 Å². The molecule has 0 radical (unpaired) electrons. The highest BCUT2D eigenvalue weighted by Gasteiger charge is 2.14. The standard InChI is InChI=1S/C20H27FO4/c1-3-4-15(11-16-6-8-20(25)18(21)12-16)5-7-19(24)17(9-10-22)14(2)13-23/h6,8-9,11-12,19,22-25H,2-5,7,10,13H2,1H3/b15-11+,17-9-. The van der Waals surface area contributed by atoms with Crippen LogP contribution in [0.1, 0.15) is 38.2 Å². The summed E-state index contributed by atoms with van der Waals surface area (Å²) in [7, 11) is 0. The predicted molar refractivity (Wildman–Crippen MR) is 97.6 cm³/mol. The first kappa shape index (κ1) is 21.1. The molecule has 0 fully saturated rings. The van der Waals surface area contributed by atoms with Crippen molar-refractivity contribution in [1.82, 2.24) is 0 Å². The third kappa shape index (κ3) is 6.82. The number of aliphatic hydroxyl groups excluding tert-OH is 3. The van der Waals surface area contributed by atoms with Crippen LogP contribution in [0.15, 0.2) is 47.6 Å². The Hall–Kier alpha value is -1.95. The number of halogens is 1. The number of allylic oxidation sites excluding steroid dienone is 1. The van der Waals surface area contributed by atoms with Gasteiger partial charge in [-0.25, -0.2) is 4.39 Å². The molecule has 1 rings (SSSR count). The molecule has 5 heteroatoms. The van der Waals surface area contributed by atoms with Crippen LogP contribution in [0.25, 0.3) is 6.08 Å². The Morgan fingerprint density at radius 3 is 2.56 bits per heavy atom. The minimum absolute atomic E-state index is 0.240. The van der Waals surface area contributed by atoms with Crippen LogP contribution < -0.4 is 0 Å². The molecule has 1 aromatic rings. The summed E-state index contributed by atoms with van der Waals surface area (Å²) in [4.78, 5) is 0. The molecule has 0 amide bonds. The van der Waals surface area contributed by atoms with Crippen molar-refractivity contribution >= 4 is 6.08 Å². The first-order valence-corrected chi connectivity index (χ1v) is 8.38. The van der Waals surface area contributed by atoms with Crippen LogP contribution in [-0.2, 0) is 0 Å². The smallest absolute Gasteiger partial charge is 0.165 e. The van der Waals surface area contributed by atoms with Crippen LogP contribution in [0.4, 0.5) is 4.39 Å². The average Bonchev–Trinajstić information content (AvgIpc) is 2.60. The van der Waals surface area contributed by atoms with Crippen molar-refractivity contribution in [2.75, 3.05) is 13.2 Å². The first-order valence-electron chi connectivity index (χ1n) is 8.38. The number of aliphatic hydroxyl groups is 3. The van der Waals surface area contributed by atoms with E-state index < -0.39 is 11.9 Å². The Morgan fingerprint density at radius 1 is 1.28 bits per heavy atom. The molecule has 0 saturated carbocycles. The summed E-state index contributed by atoms with van der Waals surface area (Å²) in [5.74, 6) is -1.05. The van der Waals surface area contributed by atoms with Crippen molar-refractivity contribution in [3.05, 3.63) is 59.0 Å². The Kier molecular flexibility index (Phi) is 9.13. The summed E-state index contributed by atoms with van der Waals surface area (Å²) >= 11 is 0. The first-order chi connectivity index (χ1) is 11.9. The second kappa shape index (κ2) is 10.8. The Bertz CT molecular complexity index is 635. The van der Waals surface area contributed by atoms with E-state index in [-0.39, 0.29) is 19.0 Å². The molecule has 0 aliphatic heterocycles. The van der Waals surface area contributed by atoms with Crippen molar-refractivity contribution in [3.63, 3.8) is 0 Å². The average molecular weight is 350 g/mol. The van der Waals surface area contributed by atoms with Crippen molar-refractivity contribution in [2.45, 2.75) is 38.7 Å². The van der Waals surface area contributed by atoms with Gasteiger partial charge in [0.15, 0.2) is 11.6 Å². The van der Waals surface area contributed by atoms with Crippen molar-refractivity contribution in [2.24, 2.45) is 0 Å². The Labute approximate surface area is 148 Å². The van der Waals surface area contributed by atoms with Gasteiger partial charge in [0, 0.05) is 0 Å². The molecule has 0 spiro atoms. The van der Waals surface area contributed by atoms with E-state index in [1.165, 1.54) is 18.2 Å². The lowest BCUT2D eigenvalue weighted by Gasteiger charge is -2.17. The van der Waals surface area contributed by atoms with Crippen LogP contribution >= 0.6 is 0 Å². The fraction of sp³-hybridized carbons (Fsp3) is 0.400. The van der Waals surface area contributed by atoms with E-state index in [1.54, 1.807) is 6.07 Å². The lowest BCUT2D eigenvalue weighted by atomic mass is 9.94. The van der Waals surface area contributed by atoms with Crippen LogP contribution in [0.5, 0.6) is 5.75 Å². The van der Waals surface area contributed by atoms with Crippen LogP contribution in [0.2, 0.25) is 0 Å². The van der Waals surface area contributed by atoms with Gasteiger partial charge in [0.05, 0.1) is 19.3 Å². The molecule has 25 heavy (non-hydrogen) atoms.